The van der Waals surface area contributed by atoms with Gasteiger partial charge in [0.15, 0.2) is 6.61 Å². The second-order valence-electron chi connectivity index (χ2n) is 7.00. The zero-order chi connectivity index (χ0) is 24.0. The molecule has 3 rings (SSSR count). The van der Waals surface area contributed by atoms with E-state index >= 15 is 0 Å². The van der Waals surface area contributed by atoms with Crippen LogP contribution in [0.4, 0.5) is 18.9 Å². The number of aryl methyl sites for hydroxylation is 1. The molecule has 0 atom stereocenters. The van der Waals surface area contributed by atoms with Crippen LogP contribution in [0.1, 0.15) is 22.4 Å². The maximum Gasteiger partial charge on any atom is 0.416 e. The quantitative estimate of drug-likeness (QED) is 0.379. The summed E-state index contributed by atoms with van der Waals surface area (Å²) in [4.78, 5) is 23.9. The summed E-state index contributed by atoms with van der Waals surface area (Å²) >= 11 is 6.38. The number of amides is 1. The summed E-state index contributed by atoms with van der Waals surface area (Å²) in [6.45, 7) is 1.60. The number of hydrogen-bond acceptors (Lipinski definition) is 4. The van der Waals surface area contributed by atoms with Gasteiger partial charge in [-0.3, -0.25) is 4.79 Å². The third-order valence-corrected chi connectivity index (χ3v) is 4.91. The van der Waals surface area contributed by atoms with E-state index in [9.17, 15) is 22.8 Å². The molecule has 0 spiro atoms. The Hall–Kier alpha value is -3.59. The van der Waals surface area contributed by atoms with E-state index in [4.69, 9.17) is 16.3 Å². The van der Waals surface area contributed by atoms with Gasteiger partial charge in [-0.25, -0.2) is 9.48 Å². The highest BCUT2D eigenvalue weighted by Crippen LogP contribution is 2.29. The minimum Gasteiger partial charge on any atom is -0.452 e. The summed E-state index contributed by atoms with van der Waals surface area (Å²) in [7, 11) is 0. The summed E-state index contributed by atoms with van der Waals surface area (Å²) in [6, 6.07) is 13.5. The van der Waals surface area contributed by atoms with Crippen molar-refractivity contribution >= 4 is 35.2 Å². The van der Waals surface area contributed by atoms with Gasteiger partial charge in [-0.05, 0) is 42.8 Å². The van der Waals surface area contributed by atoms with Gasteiger partial charge in [0.05, 0.1) is 17.8 Å². The number of nitrogens with zero attached hydrogens (tertiary/aromatic N) is 2. The Kier molecular flexibility index (Phi) is 7.55. The molecule has 1 amide bonds. The molecule has 0 aliphatic heterocycles. The summed E-state index contributed by atoms with van der Waals surface area (Å²) in [5, 5.41) is 7.07. The highest BCUT2D eigenvalue weighted by atomic mass is 35.5. The van der Waals surface area contributed by atoms with E-state index in [1.807, 2.05) is 30.3 Å². The number of carbonyl (C=O) groups is 2. The Bertz CT molecular complexity index is 1160. The highest BCUT2D eigenvalue weighted by Gasteiger charge is 2.30. The second kappa shape index (κ2) is 10.4. The number of ether oxygens (including phenoxy) is 1. The molecule has 0 aliphatic rings. The minimum atomic E-state index is -4.47. The molecule has 0 saturated heterocycles. The van der Waals surface area contributed by atoms with Crippen LogP contribution >= 0.6 is 11.6 Å². The van der Waals surface area contributed by atoms with Crippen molar-refractivity contribution < 1.29 is 27.5 Å². The van der Waals surface area contributed by atoms with Crippen LogP contribution in [0.2, 0.25) is 5.15 Å². The fourth-order valence-corrected chi connectivity index (χ4v) is 3.19. The zero-order valence-corrected chi connectivity index (χ0v) is 18.2. The van der Waals surface area contributed by atoms with Crippen molar-refractivity contribution in [2.24, 2.45) is 0 Å². The number of hydrogen-bond donors (Lipinski definition) is 1. The molecule has 0 aliphatic carbocycles. The lowest BCUT2D eigenvalue weighted by Crippen LogP contribution is -2.20. The normalized spacial score (nSPS) is 11.5. The van der Waals surface area contributed by atoms with Gasteiger partial charge in [0.25, 0.3) is 5.91 Å². The van der Waals surface area contributed by atoms with Crippen LogP contribution in [0.3, 0.4) is 0 Å². The molecule has 33 heavy (non-hydrogen) atoms. The van der Waals surface area contributed by atoms with Gasteiger partial charge in [-0.2, -0.15) is 18.3 Å². The molecule has 3 aromatic rings. The molecular formula is C23H19ClF3N3O3. The summed E-state index contributed by atoms with van der Waals surface area (Å²) in [5.41, 5.74) is 1.47. The summed E-state index contributed by atoms with van der Waals surface area (Å²) in [5.74, 6) is -1.48. The van der Waals surface area contributed by atoms with Crippen molar-refractivity contribution in [2.75, 3.05) is 11.9 Å². The first-order valence-corrected chi connectivity index (χ1v) is 10.1. The van der Waals surface area contributed by atoms with Crippen molar-refractivity contribution in [2.45, 2.75) is 19.6 Å². The molecule has 1 aromatic heterocycles. The zero-order valence-electron chi connectivity index (χ0n) is 17.4. The number of benzene rings is 2. The van der Waals surface area contributed by atoms with Gasteiger partial charge >= 0.3 is 12.1 Å². The van der Waals surface area contributed by atoms with Crippen molar-refractivity contribution in [3.05, 3.63) is 88.2 Å². The second-order valence-corrected chi connectivity index (χ2v) is 7.36. The van der Waals surface area contributed by atoms with Crippen LogP contribution in [-0.4, -0.2) is 28.3 Å². The number of aromatic nitrogens is 2. The first kappa shape index (κ1) is 24.1. The number of rotatable bonds is 7. The number of halogens is 4. The van der Waals surface area contributed by atoms with Gasteiger partial charge in [0.1, 0.15) is 5.15 Å². The van der Waals surface area contributed by atoms with E-state index in [0.717, 1.165) is 35.9 Å². The molecule has 0 fully saturated rings. The standard InChI is InChI=1S/C23H19ClF3N3O3/c1-15-19(22(24)30(29-15)13-16-5-3-2-4-6-16)11-12-21(32)33-14-20(31)28-18-9-7-17(8-10-18)23(25,26)27/h2-12H,13-14H2,1H3,(H,28,31)/b12-11+. The number of esters is 1. The van der Waals surface area contributed by atoms with E-state index in [0.29, 0.717) is 23.0 Å². The lowest BCUT2D eigenvalue weighted by molar-refractivity contribution is -0.142. The molecule has 2 aromatic carbocycles. The predicted octanol–water partition coefficient (Wildman–Crippen LogP) is 5.11. The molecule has 0 bridgehead atoms. The van der Waals surface area contributed by atoms with Crippen molar-refractivity contribution in [1.29, 1.82) is 0 Å². The van der Waals surface area contributed by atoms with Crippen LogP contribution in [0.5, 0.6) is 0 Å². The van der Waals surface area contributed by atoms with E-state index in [1.54, 1.807) is 11.6 Å². The van der Waals surface area contributed by atoms with E-state index in [-0.39, 0.29) is 5.69 Å². The van der Waals surface area contributed by atoms with E-state index in [2.05, 4.69) is 10.4 Å². The minimum absolute atomic E-state index is 0.146. The Balaban J connectivity index is 1.53. The molecule has 0 unspecified atom stereocenters. The van der Waals surface area contributed by atoms with Gasteiger partial charge in [-0.15, -0.1) is 0 Å². The number of nitrogens with one attached hydrogen (secondary N) is 1. The average Bonchev–Trinajstić information content (AvgIpc) is 3.03. The van der Waals surface area contributed by atoms with Crippen LogP contribution in [0, 0.1) is 6.92 Å². The van der Waals surface area contributed by atoms with E-state index in [1.165, 1.54) is 6.08 Å². The van der Waals surface area contributed by atoms with Crippen molar-refractivity contribution in [1.82, 2.24) is 9.78 Å². The Labute approximate surface area is 192 Å². The Morgan fingerprint density at radius 2 is 1.79 bits per heavy atom. The molecular weight excluding hydrogens is 459 g/mol. The molecule has 1 heterocycles. The Morgan fingerprint density at radius 1 is 1.12 bits per heavy atom. The van der Waals surface area contributed by atoms with Gasteiger partial charge in [0, 0.05) is 17.3 Å². The summed E-state index contributed by atoms with van der Waals surface area (Å²) in [6.07, 6.45) is -1.90. The SMILES string of the molecule is Cc1nn(Cc2ccccc2)c(Cl)c1/C=C/C(=O)OCC(=O)Nc1ccc(C(F)(F)F)cc1. The molecule has 10 heteroatoms. The smallest absolute Gasteiger partial charge is 0.416 e. The maximum absolute atomic E-state index is 12.6. The maximum atomic E-state index is 12.6. The van der Waals surface area contributed by atoms with Gasteiger partial charge in [0.2, 0.25) is 0 Å². The third-order valence-electron chi connectivity index (χ3n) is 4.51. The molecule has 6 nitrogen and oxygen atoms in total. The highest BCUT2D eigenvalue weighted by molar-refractivity contribution is 6.31. The fourth-order valence-electron chi connectivity index (χ4n) is 2.89. The molecule has 0 radical (unpaired) electrons. The number of carbonyl (C=O) groups excluding carboxylic acids is 2. The lowest BCUT2D eigenvalue weighted by atomic mass is 10.2. The molecule has 172 valence electrons. The number of alkyl halides is 3. The van der Waals surface area contributed by atoms with Crippen LogP contribution in [0.15, 0.2) is 60.7 Å². The topological polar surface area (TPSA) is 73.2 Å². The van der Waals surface area contributed by atoms with Gasteiger partial charge < -0.3 is 10.1 Å². The fraction of sp³-hybridized carbons (Fsp3) is 0.174. The first-order chi connectivity index (χ1) is 15.6. The number of anilines is 1. The third kappa shape index (κ3) is 6.69. The Morgan fingerprint density at radius 3 is 2.42 bits per heavy atom. The van der Waals surface area contributed by atoms with Gasteiger partial charge in [-0.1, -0.05) is 41.9 Å². The molecule has 1 N–H and O–H groups in total. The van der Waals surface area contributed by atoms with E-state index < -0.39 is 30.2 Å². The van der Waals surface area contributed by atoms with Crippen LogP contribution in [-0.2, 0) is 27.0 Å². The monoisotopic (exact) mass is 477 g/mol. The average molecular weight is 478 g/mol. The predicted molar refractivity (Wildman–Crippen MR) is 118 cm³/mol. The molecule has 0 saturated carbocycles. The van der Waals surface area contributed by atoms with Crippen molar-refractivity contribution in [3.8, 4) is 0 Å². The van der Waals surface area contributed by atoms with Crippen LogP contribution < -0.4 is 5.32 Å². The van der Waals surface area contributed by atoms with Crippen LogP contribution in [0.25, 0.3) is 6.08 Å². The van der Waals surface area contributed by atoms with Crippen molar-refractivity contribution in [3.63, 3.8) is 0 Å². The first-order valence-electron chi connectivity index (χ1n) is 9.72. The summed E-state index contributed by atoms with van der Waals surface area (Å²) < 4.78 is 44.2. The lowest BCUT2D eigenvalue weighted by Gasteiger charge is -2.08. The largest absolute Gasteiger partial charge is 0.452 e.